The van der Waals surface area contributed by atoms with E-state index in [1.165, 1.54) is 18.0 Å². The van der Waals surface area contributed by atoms with Crippen LogP contribution in [0.25, 0.3) is 0 Å². The zero-order valence-electron chi connectivity index (χ0n) is 9.83. The fraction of sp³-hybridized carbons (Fsp3) is 0.154. The molecule has 2 aromatic rings. The first-order valence-corrected chi connectivity index (χ1v) is 6.37. The topological polar surface area (TPSA) is 63.1 Å². The molecule has 1 heterocycles. The fourth-order valence-electron chi connectivity index (χ4n) is 1.32. The van der Waals surface area contributed by atoms with Gasteiger partial charge in [0.05, 0.1) is 11.3 Å². The molecule has 92 valence electrons. The normalized spacial score (nSPS) is 10.3. The first-order valence-electron chi connectivity index (χ1n) is 5.39. The quantitative estimate of drug-likeness (QED) is 0.856. The van der Waals surface area contributed by atoms with E-state index in [2.05, 4.69) is 22.1 Å². The molecular formula is C13H12N2O2S. The Labute approximate surface area is 109 Å². The lowest BCUT2D eigenvalue weighted by Gasteiger charge is -2.01. The number of carboxylic acids is 1. The van der Waals surface area contributed by atoms with Gasteiger partial charge in [-0.05, 0) is 19.1 Å². The van der Waals surface area contributed by atoms with Crippen molar-refractivity contribution in [1.29, 1.82) is 0 Å². The van der Waals surface area contributed by atoms with Gasteiger partial charge in [0.25, 0.3) is 0 Å². The number of aromatic carboxylic acids is 1. The predicted octanol–water partition coefficient (Wildman–Crippen LogP) is 2.78. The van der Waals surface area contributed by atoms with Crippen molar-refractivity contribution >= 4 is 17.7 Å². The number of aromatic nitrogens is 2. The van der Waals surface area contributed by atoms with Crippen molar-refractivity contribution in [3.05, 3.63) is 53.6 Å². The Bertz CT molecular complexity index is 538. The molecule has 0 amide bonds. The number of rotatable bonds is 4. The predicted molar refractivity (Wildman–Crippen MR) is 69.7 cm³/mol. The summed E-state index contributed by atoms with van der Waals surface area (Å²) in [5, 5.41) is 8.72. The van der Waals surface area contributed by atoms with Gasteiger partial charge < -0.3 is 5.11 Å². The monoisotopic (exact) mass is 260 g/mol. The summed E-state index contributed by atoms with van der Waals surface area (Å²) in [4.78, 5) is 19.8. The highest BCUT2D eigenvalue weighted by atomic mass is 32.2. The van der Waals surface area contributed by atoms with Gasteiger partial charge in [-0.25, -0.2) is 14.8 Å². The number of carbonyl (C=O) groups is 1. The summed E-state index contributed by atoms with van der Waals surface area (Å²) in [6.45, 7) is 2.04. The summed E-state index contributed by atoms with van der Waals surface area (Å²) in [6.07, 6.45) is 2.67. The molecule has 4 nitrogen and oxygen atoms in total. The van der Waals surface area contributed by atoms with Crippen LogP contribution in [-0.4, -0.2) is 21.0 Å². The van der Waals surface area contributed by atoms with Crippen molar-refractivity contribution in [3.8, 4) is 0 Å². The van der Waals surface area contributed by atoms with Gasteiger partial charge in [0, 0.05) is 17.3 Å². The summed E-state index contributed by atoms with van der Waals surface area (Å²) < 4.78 is 0. The SMILES string of the molecule is Cc1ccc(SCc2ncc(C(=O)O)cn2)cc1. The molecule has 18 heavy (non-hydrogen) atoms. The minimum Gasteiger partial charge on any atom is -0.478 e. The maximum absolute atomic E-state index is 10.6. The van der Waals surface area contributed by atoms with Crippen molar-refractivity contribution in [1.82, 2.24) is 9.97 Å². The fourth-order valence-corrected chi connectivity index (χ4v) is 2.10. The number of benzene rings is 1. The Hall–Kier alpha value is -1.88. The van der Waals surface area contributed by atoms with Crippen molar-refractivity contribution in [2.75, 3.05) is 0 Å². The van der Waals surface area contributed by atoms with E-state index in [0.717, 1.165) is 4.90 Å². The third-order valence-corrected chi connectivity index (χ3v) is 3.35. The van der Waals surface area contributed by atoms with Gasteiger partial charge in [-0.1, -0.05) is 17.7 Å². The van der Waals surface area contributed by atoms with E-state index in [1.807, 2.05) is 19.1 Å². The lowest BCUT2D eigenvalue weighted by atomic mass is 10.2. The molecular weight excluding hydrogens is 248 g/mol. The van der Waals surface area contributed by atoms with Crippen LogP contribution in [-0.2, 0) is 5.75 Å². The average Bonchev–Trinajstić information content (AvgIpc) is 2.38. The lowest BCUT2D eigenvalue weighted by molar-refractivity contribution is 0.0696. The van der Waals surface area contributed by atoms with Crippen LogP contribution >= 0.6 is 11.8 Å². The molecule has 0 fully saturated rings. The Kier molecular flexibility index (Phi) is 3.94. The highest BCUT2D eigenvalue weighted by molar-refractivity contribution is 7.98. The molecule has 0 saturated carbocycles. The molecule has 0 radical (unpaired) electrons. The van der Waals surface area contributed by atoms with Gasteiger partial charge in [-0.3, -0.25) is 0 Å². The van der Waals surface area contributed by atoms with Crippen molar-refractivity contribution in [2.45, 2.75) is 17.6 Å². The van der Waals surface area contributed by atoms with E-state index < -0.39 is 5.97 Å². The molecule has 0 atom stereocenters. The van der Waals surface area contributed by atoms with Gasteiger partial charge in [0.2, 0.25) is 0 Å². The zero-order valence-corrected chi connectivity index (χ0v) is 10.6. The number of thioether (sulfide) groups is 1. The van der Waals surface area contributed by atoms with E-state index >= 15 is 0 Å². The molecule has 0 aliphatic carbocycles. The number of hydrogen-bond donors (Lipinski definition) is 1. The molecule has 0 bridgehead atoms. The largest absolute Gasteiger partial charge is 0.478 e. The van der Waals surface area contributed by atoms with Crippen LogP contribution in [0.5, 0.6) is 0 Å². The minimum atomic E-state index is -1.01. The van der Waals surface area contributed by atoms with Crippen LogP contribution in [0.15, 0.2) is 41.6 Å². The van der Waals surface area contributed by atoms with E-state index in [4.69, 9.17) is 5.11 Å². The van der Waals surface area contributed by atoms with E-state index in [1.54, 1.807) is 11.8 Å². The maximum atomic E-state index is 10.6. The maximum Gasteiger partial charge on any atom is 0.338 e. The summed E-state index contributed by atoms with van der Waals surface area (Å²) >= 11 is 1.62. The highest BCUT2D eigenvalue weighted by Crippen LogP contribution is 2.21. The molecule has 5 heteroatoms. The molecule has 2 rings (SSSR count). The number of aryl methyl sites for hydroxylation is 1. The number of nitrogens with zero attached hydrogens (tertiary/aromatic N) is 2. The van der Waals surface area contributed by atoms with Crippen LogP contribution in [0.3, 0.4) is 0 Å². The Morgan fingerprint density at radius 1 is 1.22 bits per heavy atom. The second-order valence-corrected chi connectivity index (χ2v) is 4.84. The molecule has 0 aliphatic rings. The summed E-state index contributed by atoms with van der Waals surface area (Å²) in [6, 6.07) is 8.20. The van der Waals surface area contributed by atoms with Crippen molar-refractivity contribution < 1.29 is 9.90 Å². The van der Waals surface area contributed by atoms with Crippen LogP contribution in [0, 0.1) is 6.92 Å². The number of hydrogen-bond acceptors (Lipinski definition) is 4. The molecule has 0 saturated heterocycles. The second-order valence-electron chi connectivity index (χ2n) is 3.79. The van der Waals surface area contributed by atoms with E-state index in [9.17, 15) is 4.79 Å². The number of carboxylic acid groups (broad SMARTS) is 1. The molecule has 0 spiro atoms. The summed E-state index contributed by atoms with van der Waals surface area (Å²) in [5.74, 6) is 0.251. The van der Waals surface area contributed by atoms with Gasteiger partial charge >= 0.3 is 5.97 Å². The zero-order chi connectivity index (χ0) is 13.0. The summed E-state index contributed by atoms with van der Waals surface area (Å²) in [7, 11) is 0. The first-order chi connectivity index (χ1) is 8.65. The molecule has 0 unspecified atom stereocenters. The van der Waals surface area contributed by atoms with Gasteiger partial charge in [-0.2, -0.15) is 0 Å². The van der Waals surface area contributed by atoms with Crippen molar-refractivity contribution in [2.24, 2.45) is 0 Å². The molecule has 1 aromatic carbocycles. The van der Waals surface area contributed by atoms with Gasteiger partial charge in [0.1, 0.15) is 5.82 Å². The van der Waals surface area contributed by atoms with Crippen LogP contribution in [0.4, 0.5) is 0 Å². The Balaban J connectivity index is 1.97. The van der Waals surface area contributed by atoms with Crippen LogP contribution in [0.2, 0.25) is 0 Å². The van der Waals surface area contributed by atoms with Gasteiger partial charge in [0.15, 0.2) is 0 Å². The van der Waals surface area contributed by atoms with Crippen molar-refractivity contribution in [3.63, 3.8) is 0 Å². The van der Waals surface area contributed by atoms with Gasteiger partial charge in [-0.15, -0.1) is 11.8 Å². The molecule has 1 aromatic heterocycles. The molecule has 0 aliphatic heterocycles. The Morgan fingerprint density at radius 2 is 1.83 bits per heavy atom. The highest BCUT2D eigenvalue weighted by Gasteiger charge is 2.04. The Morgan fingerprint density at radius 3 is 2.39 bits per heavy atom. The third kappa shape index (κ3) is 3.30. The lowest BCUT2D eigenvalue weighted by Crippen LogP contribution is -2.00. The van der Waals surface area contributed by atoms with E-state index in [-0.39, 0.29) is 5.56 Å². The average molecular weight is 260 g/mol. The van der Waals surface area contributed by atoms with Crippen LogP contribution < -0.4 is 0 Å². The first kappa shape index (κ1) is 12.6. The third-order valence-electron chi connectivity index (χ3n) is 2.34. The standard InChI is InChI=1S/C13H12N2O2S/c1-9-2-4-11(5-3-9)18-8-12-14-6-10(7-15-12)13(16)17/h2-7H,8H2,1H3,(H,16,17). The van der Waals surface area contributed by atoms with Crippen LogP contribution in [0.1, 0.15) is 21.7 Å². The summed E-state index contributed by atoms with van der Waals surface area (Å²) in [5.41, 5.74) is 1.33. The molecule has 1 N–H and O–H groups in total. The van der Waals surface area contributed by atoms with E-state index in [0.29, 0.717) is 11.6 Å². The minimum absolute atomic E-state index is 0.110. The smallest absolute Gasteiger partial charge is 0.338 e. The second kappa shape index (κ2) is 5.64.